The van der Waals surface area contributed by atoms with Crippen LogP contribution in [0, 0.1) is 6.92 Å². The van der Waals surface area contributed by atoms with Gasteiger partial charge in [-0.25, -0.2) is 69.9 Å². The van der Waals surface area contributed by atoms with E-state index in [1.54, 1.807) is 0 Å². The minimum Gasteiger partial charge on any atom is -0.399 e. The molecule has 16 bridgehead atoms. The van der Waals surface area contributed by atoms with Gasteiger partial charge in [0, 0.05) is 105 Å². The van der Waals surface area contributed by atoms with Crippen LogP contribution in [0.25, 0.3) is 21.5 Å². The maximum absolute atomic E-state index is 6.22. The summed E-state index contributed by atoms with van der Waals surface area (Å²) in [6, 6.07) is 55.2. The predicted molar refractivity (Wildman–Crippen MR) is 329 cm³/mol. The zero-order chi connectivity index (χ0) is 55.9. The third kappa shape index (κ3) is 7.45. The van der Waals surface area contributed by atoms with E-state index in [1.807, 2.05) is 152 Å². The number of benzene rings is 8. The molecule has 18 rings (SSSR count). The van der Waals surface area contributed by atoms with Crippen LogP contribution in [-0.2, 0) is 0 Å². The van der Waals surface area contributed by atoms with Crippen LogP contribution >= 0.6 is 0 Å². The molecule has 8 N–H and O–H groups in total. The topological polar surface area (TPSA) is 283 Å². The number of aromatic nitrogens is 2. The molecule has 84 heavy (non-hydrogen) atoms. The van der Waals surface area contributed by atoms with Crippen LogP contribution in [0.1, 0.15) is 84.7 Å². The Bertz CT molecular complexity index is 5330. The van der Waals surface area contributed by atoms with Gasteiger partial charge < -0.3 is 27.2 Å². The number of nitrogens with zero attached hydrogens (tertiary/aromatic N) is 14. The molecule has 0 aliphatic carbocycles. The molecule has 2 atom stereocenters. The normalized spacial score (nSPS) is 17.6. The van der Waals surface area contributed by atoms with Crippen LogP contribution in [0.4, 0.5) is 17.1 Å². The standard InChI is InChI=1S/C33H21N9.C32H20N10/c1-16-10-12-22-24(14-16)32-40-30(22)38-28-19-7-3-2-6-18(19)26(36-28)35-27-20-8-4-5-9-21(20)29(37-27)39-33-25-15-17(34)11-13-23(25)31(41-32)42-33;33-15-9-11-21-23(13-15)31-40-29(21)38-27-19-7-3-1-5-17(19)25(36-27)35-26-18-6-2-4-8-20(18)28(37-26)39-30-22-12-10-16(34)14-24(22)32(41-30)42-31/h2-15,28H,34H2,1H3,(H,35,36,37,38,39,40,41,42);1-14,27H,33-34H2,(H,35,36,37,38,39,40,41,42). The van der Waals surface area contributed by atoms with Crippen LogP contribution in [0.3, 0.4) is 0 Å². The van der Waals surface area contributed by atoms with Crippen molar-refractivity contribution in [2.24, 2.45) is 69.9 Å². The average molecular weight is 1090 g/mol. The molecule has 0 saturated heterocycles. The second-order valence-electron chi connectivity index (χ2n) is 21.0. The van der Waals surface area contributed by atoms with E-state index in [2.05, 4.69) is 35.1 Å². The lowest BCUT2D eigenvalue weighted by Crippen LogP contribution is -2.15. The molecule has 10 aromatic rings. The average Bonchev–Trinajstić information content (AvgIpc) is 4.42. The summed E-state index contributed by atoms with van der Waals surface area (Å²) >= 11 is 0. The van der Waals surface area contributed by atoms with Crippen LogP contribution < -0.4 is 39.2 Å². The Morgan fingerprint density at radius 2 is 0.583 bits per heavy atom. The Balaban J connectivity index is 0.000000132. The number of aliphatic imine (C=N–C) groups is 10. The molecule has 0 saturated carbocycles. The summed E-state index contributed by atoms with van der Waals surface area (Å²) in [7, 11) is 0. The molecular weight excluding hydrogens is 1050 g/mol. The van der Waals surface area contributed by atoms with Crippen molar-refractivity contribution in [1.82, 2.24) is 9.97 Å². The van der Waals surface area contributed by atoms with E-state index in [9.17, 15) is 0 Å². The minimum absolute atomic E-state index is 0.486. The van der Waals surface area contributed by atoms with E-state index < -0.39 is 12.3 Å². The molecule has 19 nitrogen and oxygen atoms in total. The number of H-pyrrole nitrogens is 2. The molecule has 8 aliphatic heterocycles. The molecule has 0 spiro atoms. The highest BCUT2D eigenvalue weighted by atomic mass is 15.2. The Hall–Kier alpha value is -11.9. The molecule has 0 radical (unpaired) electrons. The van der Waals surface area contributed by atoms with Gasteiger partial charge in [0.2, 0.25) is 0 Å². The number of nitrogen functional groups attached to an aromatic ring is 3. The highest BCUT2D eigenvalue weighted by molar-refractivity contribution is 6.28. The number of amidine groups is 10. The predicted octanol–water partition coefficient (Wildman–Crippen LogP) is 7.64. The van der Waals surface area contributed by atoms with Crippen molar-refractivity contribution in [3.8, 4) is 0 Å². The van der Waals surface area contributed by atoms with Gasteiger partial charge in [-0.1, -0.05) is 115 Å². The molecule has 0 amide bonds. The van der Waals surface area contributed by atoms with Crippen molar-refractivity contribution < 1.29 is 0 Å². The van der Waals surface area contributed by atoms with Crippen molar-refractivity contribution in [1.29, 1.82) is 0 Å². The highest BCUT2D eigenvalue weighted by Gasteiger charge is 2.33. The highest BCUT2D eigenvalue weighted by Crippen LogP contribution is 2.37. The number of aromatic amines is 2. The second kappa shape index (κ2) is 17.8. The van der Waals surface area contributed by atoms with Crippen molar-refractivity contribution >= 4 is 97.0 Å². The van der Waals surface area contributed by atoms with Gasteiger partial charge in [0.1, 0.15) is 22.0 Å². The van der Waals surface area contributed by atoms with E-state index in [-0.39, 0.29) is 0 Å². The molecule has 0 fully saturated rings. The van der Waals surface area contributed by atoms with Gasteiger partial charge in [-0.15, -0.1) is 0 Å². The number of fused-ring (bicyclic) bond motifs is 34. The van der Waals surface area contributed by atoms with Gasteiger partial charge in [0.15, 0.2) is 70.7 Å². The first-order chi connectivity index (χ1) is 41.2. The fraction of sp³-hybridized carbons (Fsp3) is 0.0462. The zero-order valence-electron chi connectivity index (χ0n) is 44.3. The maximum atomic E-state index is 6.22. The Morgan fingerprint density at radius 1 is 0.274 bits per heavy atom. The van der Waals surface area contributed by atoms with E-state index in [0.717, 1.165) is 93.9 Å². The number of hydrogen-bond acceptors (Lipinski definition) is 17. The molecule has 19 heteroatoms. The molecule has 396 valence electrons. The van der Waals surface area contributed by atoms with Crippen LogP contribution in [0.5, 0.6) is 0 Å². The quantitative estimate of drug-likeness (QED) is 0.0958. The van der Waals surface area contributed by atoms with E-state index in [4.69, 9.17) is 87.1 Å². The number of nitrogens with two attached hydrogens (primary N) is 3. The molecule has 2 unspecified atom stereocenters. The van der Waals surface area contributed by atoms with Crippen molar-refractivity contribution in [2.45, 2.75) is 19.3 Å². The lowest BCUT2D eigenvalue weighted by atomic mass is 10.0. The van der Waals surface area contributed by atoms with Gasteiger partial charge in [0.05, 0.1) is 0 Å². The van der Waals surface area contributed by atoms with Crippen molar-refractivity contribution in [3.63, 3.8) is 0 Å². The number of rotatable bonds is 0. The Labute approximate surface area is 475 Å². The Morgan fingerprint density at radius 3 is 1.04 bits per heavy atom. The summed E-state index contributed by atoms with van der Waals surface area (Å²) in [5.74, 6) is 5.52. The first kappa shape index (κ1) is 47.0. The monoisotopic (exact) mass is 1090 g/mol. The largest absolute Gasteiger partial charge is 0.399 e. The summed E-state index contributed by atoms with van der Waals surface area (Å²) in [6.07, 6.45) is -1.02. The smallest absolute Gasteiger partial charge is 0.170 e. The van der Waals surface area contributed by atoms with E-state index >= 15 is 0 Å². The molecule has 8 aromatic carbocycles. The fourth-order valence-corrected chi connectivity index (χ4v) is 11.7. The third-order valence-electron chi connectivity index (χ3n) is 15.7. The van der Waals surface area contributed by atoms with Gasteiger partial charge in [-0.2, -0.15) is 0 Å². The van der Waals surface area contributed by atoms with Gasteiger partial charge in [0.25, 0.3) is 0 Å². The lowest BCUT2D eigenvalue weighted by molar-refractivity contribution is 0.796. The molecule has 8 aliphatic rings. The number of nitrogens with one attached hydrogen (secondary N) is 2. The van der Waals surface area contributed by atoms with Crippen molar-refractivity contribution in [2.75, 3.05) is 17.2 Å². The van der Waals surface area contributed by atoms with Gasteiger partial charge in [-0.3, -0.25) is 0 Å². The van der Waals surface area contributed by atoms with Crippen molar-refractivity contribution in [3.05, 3.63) is 264 Å². The van der Waals surface area contributed by atoms with Crippen LogP contribution in [0.2, 0.25) is 0 Å². The zero-order valence-corrected chi connectivity index (χ0v) is 44.3. The summed E-state index contributed by atoms with van der Waals surface area (Å²) in [6.45, 7) is 2.06. The fourth-order valence-electron chi connectivity index (χ4n) is 11.7. The summed E-state index contributed by atoms with van der Waals surface area (Å²) in [5, 5.41) is 3.40. The lowest BCUT2D eigenvalue weighted by Gasteiger charge is -2.05. The summed E-state index contributed by atoms with van der Waals surface area (Å²) < 4.78 is 0. The van der Waals surface area contributed by atoms with E-state index in [1.165, 1.54) is 0 Å². The summed E-state index contributed by atoms with van der Waals surface area (Å²) in [4.78, 5) is 76.4. The van der Waals surface area contributed by atoms with Crippen LogP contribution in [0.15, 0.2) is 240 Å². The maximum Gasteiger partial charge on any atom is 0.170 e. The number of anilines is 3. The van der Waals surface area contributed by atoms with Gasteiger partial charge >= 0.3 is 0 Å². The molecular formula is C65H41N19. The first-order valence-corrected chi connectivity index (χ1v) is 27.1. The summed E-state index contributed by atoms with van der Waals surface area (Å²) in [5.41, 5.74) is 34.8. The van der Waals surface area contributed by atoms with Gasteiger partial charge in [-0.05, 0) is 67.6 Å². The molecule has 2 aromatic heterocycles. The Kier molecular flexibility index (Phi) is 9.97. The number of hydrogen-bond donors (Lipinski definition) is 5. The first-order valence-electron chi connectivity index (χ1n) is 27.1. The third-order valence-corrected chi connectivity index (χ3v) is 15.7. The van der Waals surface area contributed by atoms with Crippen LogP contribution in [-0.4, -0.2) is 68.3 Å². The second-order valence-corrected chi connectivity index (χ2v) is 21.0. The molecule has 10 heterocycles. The minimum atomic E-state index is -0.528. The SMILES string of the molecule is Cc1ccc2c(c1)C1=NC2=NC2N=C(N=C3N=C(N=c4[nH]c(c5ccc(N)cc45)=N1)c1ccccc13)c1ccccc12.Nc1ccc2c(c1)C1=NC2=NC2N=C(N=C3N=C(N=c4[nH]c(c5cc(N)ccc45)=N1)c1ccccc13)c1ccccc12. The van der Waals surface area contributed by atoms with E-state index in [0.29, 0.717) is 97.4 Å². The number of aryl methyl sites for hydroxylation is 1.